The van der Waals surface area contributed by atoms with Gasteiger partial charge in [-0.05, 0) is 36.8 Å². The Morgan fingerprint density at radius 1 is 1.29 bits per heavy atom. The Hall–Kier alpha value is -2.93. The number of nitrogens with zero attached hydrogens (tertiary/aromatic N) is 3. The monoisotopic (exact) mass is 326 g/mol. The van der Waals surface area contributed by atoms with Gasteiger partial charge in [0.1, 0.15) is 12.4 Å². The van der Waals surface area contributed by atoms with Crippen LogP contribution in [0, 0.1) is 6.92 Å². The molecule has 0 unspecified atom stereocenters. The van der Waals surface area contributed by atoms with Gasteiger partial charge in [-0.25, -0.2) is 9.50 Å². The van der Waals surface area contributed by atoms with Gasteiger partial charge in [-0.2, -0.15) is 0 Å². The normalized spacial score (nSPS) is 10.8. The number of anilines is 1. The number of carbonyl (C=O) groups is 1. The van der Waals surface area contributed by atoms with Crippen molar-refractivity contribution >= 4 is 17.2 Å². The highest BCUT2D eigenvalue weighted by atomic mass is 16.5. The maximum absolute atomic E-state index is 12.1. The Kier molecular flexibility index (Phi) is 4.72. The highest BCUT2D eigenvalue weighted by Crippen LogP contribution is 2.16. The maximum atomic E-state index is 12.1. The van der Waals surface area contributed by atoms with Crippen LogP contribution in [0.2, 0.25) is 0 Å². The van der Waals surface area contributed by atoms with E-state index in [9.17, 15) is 4.79 Å². The van der Waals surface area contributed by atoms with E-state index in [2.05, 4.69) is 15.4 Å². The van der Waals surface area contributed by atoms with E-state index in [0.29, 0.717) is 29.5 Å². The van der Waals surface area contributed by atoms with E-state index in [1.807, 2.05) is 31.2 Å². The van der Waals surface area contributed by atoms with Crippen molar-refractivity contribution in [1.82, 2.24) is 14.6 Å². The first kappa shape index (κ1) is 15.9. The second kappa shape index (κ2) is 7.10. The largest absolute Gasteiger partial charge is 0.484 e. The van der Waals surface area contributed by atoms with Crippen LogP contribution in [0.1, 0.15) is 11.4 Å². The summed E-state index contributed by atoms with van der Waals surface area (Å²) >= 11 is 0. The molecule has 0 aliphatic heterocycles. The Morgan fingerprint density at radius 3 is 2.96 bits per heavy atom. The zero-order valence-electron chi connectivity index (χ0n) is 13.5. The van der Waals surface area contributed by atoms with E-state index in [1.165, 1.54) is 0 Å². The second-order valence-electron chi connectivity index (χ2n) is 5.30. The first-order valence-corrected chi connectivity index (χ1v) is 7.48. The minimum atomic E-state index is -0.263. The van der Waals surface area contributed by atoms with Gasteiger partial charge in [-0.1, -0.05) is 12.1 Å². The van der Waals surface area contributed by atoms with Crippen molar-refractivity contribution in [2.45, 2.75) is 13.5 Å². The number of hydrogen-bond acceptors (Lipinski definition) is 5. The van der Waals surface area contributed by atoms with Gasteiger partial charge in [0.05, 0.1) is 5.69 Å². The molecule has 1 amide bonds. The minimum Gasteiger partial charge on any atom is -0.484 e. The Balaban J connectivity index is 1.68. The Bertz CT molecular complexity index is 860. The molecule has 0 saturated heterocycles. The lowest BCUT2D eigenvalue weighted by Gasteiger charge is -2.08. The summed E-state index contributed by atoms with van der Waals surface area (Å²) in [6.07, 6.45) is 1.76. The molecular formula is C17H18N4O3. The third kappa shape index (κ3) is 3.69. The van der Waals surface area contributed by atoms with Crippen LogP contribution in [0.4, 0.5) is 5.69 Å². The average Bonchev–Trinajstić information content (AvgIpc) is 2.97. The smallest absolute Gasteiger partial charge is 0.262 e. The SMILES string of the molecule is COCc1nc2c(NC(=O)COc3cccc(C)c3)cccn2n1. The number of fused-ring (bicyclic) bond motifs is 1. The van der Waals surface area contributed by atoms with Crippen molar-refractivity contribution in [2.75, 3.05) is 19.0 Å². The van der Waals surface area contributed by atoms with Gasteiger partial charge in [-0.3, -0.25) is 4.79 Å². The van der Waals surface area contributed by atoms with Crippen molar-refractivity contribution in [1.29, 1.82) is 0 Å². The third-order valence-electron chi connectivity index (χ3n) is 3.31. The third-order valence-corrected chi connectivity index (χ3v) is 3.31. The molecule has 0 spiro atoms. The van der Waals surface area contributed by atoms with Crippen LogP contribution >= 0.6 is 0 Å². The van der Waals surface area contributed by atoms with Crippen LogP contribution in [0.15, 0.2) is 42.6 Å². The van der Waals surface area contributed by atoms with Gasteiger partial charge in [0, 0.05) is 13.3 Å². The summed E-state index contributed by atoms with van der Waals surface area (Å²) in [6, 6.07) is 11.1. The van der Waals surface area contributed by atoms with E-state index in [-0.39, 0.29) is 12.5 Å². The molecule has 0 aliphatic rings. The van der Waals surface area contributed by atoms with Crippen molar-refractivity contribution in [2.24, 2.45) is 0 Å². The number of pyridine rings is 1. The predicted octanol–water partition coefficient (Wildman–Crippen LogP) is 2.20. The number of aromatic nitrogens is 3. The molecule has 7 heteroatoms. The highest BCUT2D eigenvalue weighted by molar-refractivity contribution is 5.95. The van der Waals surface area contributed by atoms with Crippen LogP contribution in [0.3, 0.4) is 0 Å². The fourth-order valence-electron chi connectivity index (χ4n) is 2.28. The molecule has 3 rings (SSSR count). The molecule has 0 atom stereocenters. The van der Waals surface area contributed by atoms with Crippen LogP contribution < -0.4 is 10.1 Å². The summed E-state index contributed by atoms with van der Waals surface area (Å²) in [6.45, 7) is 2.20. The van der Waals surface area contributed by atoms with E-state index in [4.69, 9.17) is 9.47 Å². The van der Waals surface area contributed by atoms with E-state index in [1.54, 1.807) is 30.0 Å². The standard InChI is InChI=1S/C17H18N4O3/c1-12-5-3-6-13(9-12)24-11-16(22)18-14-7-4-8-21-17(14)19-15(20-21)10-23-2/h3-9H,10-11H2,1-2H3,(H,18,22). The molecule has 0 bridgehead atoms. The summed E-state index contributed by atoms with van der Waals surface area (Å²) in [7, 11) is 1.58. The van der Waals surface area contributed by atoms with Crippen LogP contribution in [-0.4, -0.2) is 34.2 Å². The molecule has 0 aliphatic carbocycles. The zero-order valence-corrected chi connectivity index (χ0v) is 13.5. The fourth-order valence-corrected chi connectivity index (χ4v) is 2.28. The number of nitrogens with one attached hydrogen (secondary N) is 1. The lowest BCUT2D eigenvalue weighted by Crippen LogP contribution is -2.20. The molecule has 1 N–H and O–H groups in total. The molecule has 2 heterocycles. The number of hydrogen-bond donors (Lipinski definition) is 1. The number of benzene rings is 1. The van der Waals surface area contributed by atoms with E-state index >= 15 is 0 Å². The molecule has 24 heavy (non-hydrogen) atoms. The molecule has 3 aromatic rings. The van der Waals surface area contributed by atoms with E-state index < -0.39 is 0 Å². The molecule has 0 fully saturated rings. The molecule has 1 aromatic carbocycles. The minimum absolute atomic E-state index is 0.0798. The van der Waals surface area contributed by atoms with Crippen molar-refractivity contribution in [3.05, 3.63) is 54.0 Å². The van der Waals surface area contributed by atoms with Crippen LogP contribution in [0.25, 0.3) is 5.65 Å². The van der Waals surface area contributed by atoms with E-state index in [0.717, 1.165) is 5.56 Å². The van der Waals surface area contributed by atoms with Crippen molar-refractivity contribution < 1.29 is 14.3 Å². The number of methoxy groups -OCH3 is 1. The number of amides is 1. The lowest BCUT2D eigenvalue weighted by molar-refractivity contribution is -0.118. The van der Waals surface area contributed by atoms with Gasteiger partial charge >= 0.3 is 0 Å². The van der Waals surface area contributed by atoms with Crippen LogP contribution in [0.5, 0.6) is 5.75 Å². The number of ether oxygens (including phenoxy) is 2. The van der Waals surface area contributed by atoms with Crippen molar-refractivity contribution in [3.63, 3.8) is 0 Å². The molecule has 0 radical (unpaired) electrons. The maximum Gasteiger partial charge on any atom is 0.262 e. The number of rotatable bonds is 6. The predicted molar refractivity (Wildman–Crippen MR) is 89.0 cm³/mol. The average molecular weight is 326 g/mol. The first-order chi connectivity index (χ1) is 11.7. The highest BCUT2D eigenvalue weighted by Gasteiger charge is 2.11. The quantitative estimate of drug-likeness (QED) is 0.751. The lowest BCUT2D eigenvalue weighted by atomic mass is 10.2. The summed E-state index contributed by atoms with van der Waals surface area (Å²) in [5, 5.41) is 7.07. The number of aryl methyl sites for hydroxylation is 1. The van der Waals surface area contributed by atoms with Gasteiger partial charge in [0.25, 0.3) is 5.91 Å². The van der Waals surface area contributed by atoms with Crippen LogP contribution in [-0.2, 0) is 16.1 Å². The summed E-state index contributed by atoms with van der Waals surface area (Å²) in [5.74, 6) is 0.948. The Labute approximate surface area is 139 Å². The fraction of sp³-hybridized carbons (Fsp3) is 0.235. The Morgan fingerprint density at radius 2 is 2.17 bits per heavy atom. The van der Waals surface area contributed by atoms with Gasteiger partial charge < -0.3 is 14.8 Å². The summed E-state index contributed by atoms with van der Waals surface area (Å²) in [5.41, 5.74) is 2.21. The first-order valence-electron chi connectivity index (χ1n) is 7.48. The molecule has 124 valence electrons. The van der Waals surface area contributed by atoms with Gasteiger partial charge in [0.2, 0.25) is 0 Å². The summed E-state index contributed by atoms with van der Waals surface area (Å²) in [4.78, 5) is 16.5. The topological polar surface area (TPSA) is 77.8 Å². The second-order valence-corrected chi connectivity index (χ2v) is 5.30. The molecule has 7 nitrogen and oxygen atoms in total. The van der Waals surface area contributed by atoms with Gasteiger partial charge in [-0.15, -0.1) is 5.10 Å². The summed E-state index contributed by atoms with van der Waals surface area (Å²) < 4.78 is 12.1. The molecular weight excluding hydrogens is 308 g/mol. The van der Waals surface area contributed by atoms with Crippen molar-refractivity contribution in [3.8, 4) is 5.75 Å². The molecule has 0 saturated carbocycles. The van der Waals surface area contributed by atoms with Gasteiger partial charge in [0.15, 0.2) is 18.1 Å². The molecule has 2 aromatic heterocycles. The number of carbonyl (C=O) groups excluding carboxylic acids is 1. The zero-order chi connectivity index (χ0) is 16.9.